The van der Waals surface area contributed by atoms with E-state index < -0.39 is 0 Å². The molecule has 4 nitrogen and oxygen atoms in total. The number of nitrogens with zero attached hydrogens (tertiary/aromatic N) is 2. The van der Waals surface area contributed by atoms with Crippen LogP contribution in [0.2, 0.25) is 0 Å². The highest BCUT2D eigenvalue weighted by molar-refractivity contribution is 14.0. The van der Waals surface area contributed by atoms with Crippen molar-refractivity contribution in [2.45, 2.75) is 39.8 Å². The first-order valence-electron chi connectivity index (χ1n) is 8.91. The molecule has 26 heavy (non-hydrogen) atoms. The van der Waals surface area contributed by atoms with Crippen molar-refractivity contribution in [3.63, 3.8) is 0 Å². The molecule has 0 unspecified atom stereocenters. The summed E-state index contributed by atoms with van der Waals surface area (Å²) in [5, 5.41) is 3.18. The first-order valence-corrected chi connectivity index (χ1v) is 8.91. The Bertz CT molecular complexity index is 713. The first kappa shape index (κ1) is 22.4. The third-order valence-electron chi connectivity index (χ3n) is 4.24. The Balaban J connectivity index is 0.00000338. The van der Waals surface area contributed by atoms with Crippen LogP contribution in [0.25, 0.3) is 0 Å². The summed E-state index contributed by atoms with van der Waals surface area (Å²) < 4.78 is 0. The van der Waals surface area contributed by atoms with Crippen LogP contribution in [-0.2, 0) is 13.1 Å². The average Bonchev–Trinajstić information content (AvgIpc) is 2.60. The lowest BCUT2D eigenvalue weighted by Gasteiger charge is -2.14. The van der Waals surface area contributed by atoms with Gasteiger partial charge in [-0.25, -0.2) is 4.99 Å². The summed E-state index contributed by atoms with van der Waals surface area (Å²) in [5.41, 5.74) is 10.8. The van der Waals surface area contributed by atoms with Crippen LogP contribution in [0.1, 0.15) is 43.4 Å². The van der Waals surface area contributed by atoms with E-state index in [9.17, 15) is 0 Å². The number of hydrogen-bond acceptors (Lipinski definition) is 2. The van der Waals surface area contributed by atoms with Gasteiger partial charge in [0.15, 0.2) is 5.96 Å². The summed E-state index contributed by atoms with van der Waals surface area (Å²) in [4.78, 5) is 6.75. The van der Waals surface area contributed by atoms with Gasteiger partial charge in [0.2, 0.25) is 0 Å². The Kier molecular flexibility index (Phi) is 9.65. The van der Waals surface area contributed by atoms with E-state index in [1.54, 1.807) is 0 Å². The summed E-state index contributed by atoms with van der Waals surface area (Å²) in [6, 6.07) is 16.8. The van der Waals surface area contributed by atoms with E-state index in [0.717, 1.165) is 18.8 Å². The third kappa shape index (κ3) is 7.33. The van der Waals surface area contributed by atoms with Crippen molar-refractivity contribution in [3.8, 4) is 0 Å². The molecular formula is C21H31IN4. The summed E-state index contributed by atoms with van der Waals surface area (Å²) in [6.45, 7) is 9.08. The Hall–Kier alpha value is -1.60. The van der Waals surface area contributed by atoms with Gasteiger partial charge in [0.1, 0.15) is 0 Å². The molecular weight excluding hydrogens is 435 g/mol. The van der Waals surface area contributed by atoms with Gasteiger partial charge in [0, 0.05) is 12.2 Å². The molecule has 0 atom stereocenters. The quantitative estimate of drug-likeness (QED) is 0.350. The lowest BCUT2D eigenvalue weighted by Crippen LogP contribution is -2.22. The zero-order chi connectivity index (χ0) is 18.2. The molecule has 3 N–H and O–H groups in total. The van der Waals surface area contributed by atoms with Crippen molar-refractivity contribution < 1.29 is 0 Å². The summed E-state index contributed by atoms with van der Waals surface area (Å²) >= 11 is 0. The van der Waals surface area contributed by atoms with Gasteiger partial charge in [-0.2, -0.15) is 0 Å². The molecule has 0 amide bonds. The van der Waals surface area contributed by atoms with Gasteiger partial charge in [0.25, 0.3) is 0 Å². The molecule has 142 valence electrons. The minimum atomic E-state index is 0. The summed E-state index contributed by atoms with van der Waals surface area (Å²) in [7, 11) is 2.12. The highest BCUT2D eigenvalue weighted by atomic mass is 127. The number of benzene rings is 2. The van der Waals surface area contributed by atoms with Crippen molar-refractivity contribution >= 4 is 35.6 Å². The number of anilines is 1. The zero-order valence-electron chi connectivity index (χ0n) is 16.2. The molecule has 0 aliphatic carbocycles. The van der Waals surface area contributed by atoms with Crippen LogP contribution >= 0.6 is 24.0 Å². The SMILES string of the molecule is CCN(C)Cc1cccc(CN=C(N)Nc2cccc(C(C)C)c2)c1.I. The van der Waals surface area contributed by atoms with Crippen molar-refractivity contribution in [1.29, 1.82) is 0 Å². The first-order chi connectivity index (χ1) is 12.0. The Morgan fingerprint density at radius 3 is 2.50 bits per heavy atom. The van der Waals surface area contributed by atoms with Gasteiger partial charge in [-0.1, -0.05) is 57.2 Å². The second kappa shape index (κ2) is 11.2. The fraction of sp³-hybridized carbons (Fsp3) is 0.381. The molecule has 0 aliphatic rings. The highest BCUT2D eigenvalue weighted by Gasteiger charge is 2.02. The van der Waals surface area contributed by atoms with E-state index in [4.69, 9.17) is 5.73 Å². The molecule has 2 aromatic carbocycles. The van der Waals surface area contributed by atoms with Crippen LogP contribution < -0.4 is 11.1 Å². The fourth-order valence-electron chi connectivity index (χ4n) is 2.59. The number of aliphatic imine (C=N–C) groups is 1. The van der Waals surface area contributed by atoms with Crippen molar-refractivity contribution in [2.24, 2.45) is 10.7 Å². The van der Waals surface area contributed by atoms with Gasteiger partial charge in [-0.05, 0) is 48.3 Å². The topological polar surface area (TPSA) is 53.6 Å². The van der Waals surface area contributed by atoms with E-state index in [2.05, 4.69) is 79.4 Å². The second-order valence-corrected chi connectivity index (χ2v) is 6.76. The van der Waals surface area contributed by atoms with E-state index in [-0.39, 0.29) is 24.0 Å². The fourth-order valence-corrected chi connectivity index (χ4v) is 2.59. The van der Waals surface area contributed by atoms with Gasteiger partial charge in [-0.3, -0.25) is 0 Å². The maximum absolute atomic E-state index is 6.05. The van der Waals surface area contributed by atoms with Crippen LogP contribution in [0, 0.1) is 0 Å². The zero-order valence-corrected chi connectivity index (χ0v) is 18.5. The number of nitrogens with one attached hydrogen (secondary N) is 1. The molecule has 0 spiro atoms. The van der Waals surface area contributed by atoms with Crippen LogP contribution in [0.4, 0.5) is 5.69 Å². The second-order valence-electron chi connectivity index (χ2n) is 6.76. The molecule has 0 radical (unpaired) electrons. The molecule has 0 saturated heterocycles. The Morgan fingerprint density at radius 1 is 1.12 bits per heavy atom. The van der Waals surface area contributed by atoms with Crippen molar-refractivity contribution in [2.75, 3.05) is 18.9 Å². The van der Waals surface area contributed by atoms with Crippen LogP contribution in [-0.4, -0.2) is 24.5 Å². The van der Waals surface area contributed by atoms with Gasteiger partial charge in [-0.15, -0.1) is 24.0 Å². The largest absolute Gasteiger partial charge is 0.370 e. The van der Waals surface area contributed by atoms with E-state index in [1.807, 2.05) is 12.1 Å². The number of rotatable bonds is 7. The third-order valence-corrected chi connectivity index (χ3v) is 4.24. The average molecular weight is 466 g/mol. The number of guanidine groups is 1. The number of nitrogens with two attached hydrogens (primary N) is 1. The van der Waals surface area contributed by atoms with Crippen LogP contribution in [0.15, 0.2) is 53.5 Å². The minimum absolute atomic E-state index is 0. The van der Waals surface area contributed by atoms with E-state index >= 15 is 0 Å². The van der Waals surface area contributed by atoms with Crippen LogP contribution in [0.5, 0.6) is 0 Å². The maximum atomic E-state index is 6.05. The minimum Gasteiger partial charge on any atom is -0.370 e. The lowest BCUT2D eigenvalue weighted by molar-refractivity contribution is 0.345. The standard InChI is InChI=1S/C21H30N4.HI/c1-5-25(4)15-18-9-6-8-17(12-18)14-23-21(22)24-20-11-7-10-19(13-20)16(2)3;/h6-13,16H,5,14-15H2,1-4H3,(H3,22,23,24);1H. The number of halogens is 1. The molecule has 0 aliphatic heterocycles. The Morgan fingerprint density at radius 2 is 1.81 bits per heavy atom. The predicted molar refractivity (Wildman–Crippen MR) is 123 cm³/mol. The van der Waals surface area contributed by atoms with Gasteiger partial charge >= 0.3 is 0 Å². The van der Waals surface area contributed by atoms with Crippen molar-refractivity contribution in [1.82, 2.24) is 4.90 Å². The molecule has 0 fully saturated rings. The Labute approximate surface area is 174 Å². The molecule has 5 heteroatoms. The van der Waals surface area contributed by atoms with E-state index in [0.29, 0.717) is 18.4 Å². The molecule has 0 bridgehead atoms. The van der Waals surface area contributed by atoms with Gasteiger partial charge in [0.05, 0.1) is 6.54 Å². The molecule has 0 heterocycles. The smallest absolute Gasteiger partial charge is 0.193 e. The maximum Gasteiger partial charge on any atom is 0.193 e. The normalized spacial score (nSPS) is 11.5. The summed E-state index contributed by atoms with van der Waals surface area (Å²) in [5.74, 6) is 0.931. The molecule has 2 aromatic rings. The summed E-state index contributed by atoms with van der Waals surface area (Å²) in [6.07, 6.45) is 0. The monoisotopic (exact) mass is 466 g/mol. The number of hydrogen-bond donors (Lipinski definition) is 2. The molecule has 0 saturated carbocycles. The van der Waals surface area contributed by atoms with Gasteiger partial charge < -0.3 is 16.0 Å². The molecule has 2 rings (SSSR count). The van der Waals surface area contributed by atoms with E-state index in [1.165, 1.54) is 16.7 Å². The molecule has 0 aromatic heterocycles. The van der Waals surface area contributed by atoms with Crippen LogP contribution in [0.3, 0.4) is 0 Å². The predicted octanol–water partition coefficient (Wildman–Crippen LogP) is 4.81. The van der Waals surface area contributed by atoms with Crippen molar-refractivity contribution in [3.05, 3.63) is 65.2 Å². The lowest BCUT2D eigenvalue weighted by atomic mass is 10.0. The highest BCUT2D eigenvalue weighted by Crippen LogP contribution is 2.18.